The highest BCUT2D eigenvalue weighted by Crippen LogP contribution is 2.15. The Balaban J connectivity index is 2.43. The first kappa shape index (κ1) is 16.5. The monoisotopic (exact) mass is 277 g/mol. The van der Waals surface area contributed by atoms with E-state index in [1.54, 1.807) is 0 Å². The molecule has 0 fully saturated rings. The molecule has 3 heteroatoms. The summed E-state index contributed by atoms with van der Waals surface area (Å²) in [7, 11) is 0. The van der Waals surface area contributed by atoms with Crippen molar-refractivity contribution in [1.29, 1.82) is 0 Å². The van der Waals surface area contributed by atoms with Crippen LogP contribution in [0.5, 0.6) is 5.75 Å². The molecule has 0 heterocycles. The van der Waals surface area contributed by atoms with Crippen LogP contribution < -0.4 is 4.74 Å². The van der Waals surface area contributed by atoms with Crippen LogP contribution in [0.4, 0.5) is 0 Å². The number of rotatable bonds is 10. The number of hydrogen-bond acceptors (Lipinski definition) is 3. The first-order valence-corrected chi connectivity index (χ1v) is 7.76. The van der Waals surface area contributed by atoms with E-state index in [0.717, 1.165) is 49.3 Å². The lowest BCUT2D eigenvalue weighted by molar-refractivity contribution is 0.305. The van der Waals surface area contributed by atoms with Gasteiger partial charge in [-0.05, 0) is 49.1 Å². The van der Waals surface area contributed by atoms with Gasteiger partial charge in [-0.2, -0.15) is 0 Å². The molecule has 0 amide bonds. The summed E-state index contributed by atoms with van der Waals surface area (Å²) in [5.41, 5.74) is 1.72. The van der Waals surface area contributed by atoms with Crippen molar-refractivity contribution in [2.24, 2.45) is 5.16 Å². The Hall–Kier alpha value is -1.51. The first-order valence-electron chi connectivity index (χ1n) is 7.76. The molecular formula is C17H27NO2. The highest BCUT2D eigenvalue weighted by atomic mass is 16.5. The Morgan fingerprint density at radius 2 is 1.70 bits per heavy atom. The Morgan fingerprint density at radius 3 is 2.30 bits per heavy atom. The maximum Gasteiger partial charge on any atom is 0.119 e. The van der Waals surface area contributed by atoms with E-state index in [1.807, 2.05) is 24.3 Å². The fourth-order valence-corrected chi connectivity index (χ4v) is 2.06. The summed E-state index contributed by atoms with van der Waals surface area (Å²) in [4.78, 5) is 0. The van der Waals surface area contributed by atoms with Crippen LogP contribution in [0.1, 0.15) is 64.4 Å². The van der Waals surface area contributed by atoms with E-state index in [-0.39, 0.29) is 0 Å². The minimum Gasteiger partial charge on any atom is -0.494 e. The highest BCUT2D eigenvalue weighted by Gasteiger charge is 2.04. The predicted octanol–water partition coefficient (Wildman–Crippen LogP) is 5.01. The van der Waals surface area contributed by atoms with Crippen LogP contribution in [-0.2, 0) is 0 Å². The second kappa shape index (κ2) is 10.3. The number of hydrogen-bond donors (Lipinski definition) is 1. The molecule has 3 nitrogen and oxygen atoms in total. The zero-order chi connectivity index (χ0) is 14.6. The molecule has 0 aliphatic carbocycles. The van der Waals surface area contributed by atoms with E-state index < -0.39 is 0 Å². The maximum atomic E-state index is 9.06. The molecule has 0 aliphatic rings. The summed E-state index contributed by atoms with van der Waals surface area (Å²) in [6.07, 6.45) is 7.80. The van der Waals surface area contributed by atoms with Gasteiger partial charge < -0.3 is 9.94 Å². The quantitative estimate of drug-likeness (QED) is 0.282. The maximum absolute atomic E-state index is 9.06. The fourth-order valence-electron chi connectivity index (χ4n) is 2.06. The molecule has 0 bridgehead atoms. The van der Waals surface area contributed by atoms with Crippen molar-refractivity contribution in [1.82, 2.24) is 0 Å². The standard InChI is InChI=1S/C17H27NO2/c1-3-5-7-8-14-20-16-12-10-15(11-13-16)17(18-19)9-6-4-2/h10-13,19H,3-9,14H2,1-2H3/b18-17+. The zero-order valence-electron chi connectivity index (χ0n) is 12.8. The number of ether oxygens (including phenoxy) is 1. The van der Waals surface area contributed by atoms with Gasteiger partial charge in [0, 0.05) is 0 Å². The topological polar surface area (TPSA) is 41.8 Å². The van der Waals surface area contributed by atoms with Crippen LogP contribution in [0.2, 0.25) is 0 Å². The third-order valence-electron chi connectivity index (χ3n) is 3.34. The van der Waals surface area contributed by atoms with Crippen molar-refractivity contribution in [2.45, 2.75) is 58.8 Å². The number of unbranched alkanes of at least 4 members (excludes halogenated alkanes) is 4. The van der Waals surface area contributed by atoms with Crippen LogP contribution in [0.25, 0.3) is 0 Å². The number of oxime groups is 1. The van der Waals surface area contributed by atoms with E-state index in [0.29, 0.717) is 0 Å². The van der Waals surface area contributed by atoms with Gasteiger partial charge in [-0.3, -0.25) is 0 Å². The van der Waals surface area contributed by atoms with Crippen molar-refractivity contribution < 1.29 is 9.94 Å². The molecule has 0 aliphatic heterocycles. The highest BCUT2D eigenvalue weighted by molar-refractivity contribution is 6.00. The van der Waals surface area contributed by atoms with E-state index in [9.17, 15) is 0 Å². The summed E-state index contributed by atoms with van der Waals surface area (Å²) in [5, 5.41) is 12.5. The van der Waals surface area contributed by atoms with Gasteiger partial charge >= 0.3 is 0 Å². The zero-order valence-corrected chi connectivity index (χ0v) is 12.8. The molecule has 1 N–H and O–H groups in total. The first-order chi connectivity index (χ1) is 9.81. The van der Waals surface area contributed by atoms with Crippen molar-refractivity contribution in [2.75, 3.05) is 6.61 Å². The molecule has 112 valence electrons. The van der Waals surface area contributed by atoms with Gasteiger partial charge in [0.25, 0.3) is 0 Å². The molecule has 0 aromatic heterocycles. The van der Waals surface area contributed by atoms with Crippen molar-refractivity contribution >= 4 is 5.71 Å². The Bertz CT molecular complexity index is 384. The van der Waals surface area contributed by atoms with Gasteiger partial charge in [0.2, 0.25) is 0 Å². The molecular weight excluding hydrogens is 250 g/mol. The van der Waals surface area contributed by atoms with Crippen LogP contribution in [0, 0.1) is 0 Å². The van der Waals surface area contributed by atoms with Crippen LogP contribution >= 0.6 is 0 Å². The summed E-state index contributed by atoms with van der Waals surface area (Å²) in [6, 6.07) is 7.83. The molecule has 1 aromatic rings. The van der Waals surface area contributed by atoms with Gasteiger partial charge in [0.1, 0.15) is 5.75 Å². The van der Waals surface area contributed by atoms with Gasteiger partial charge in [0.15, 0.2) is 0 Å². The van der Waals surface area contributed by atoms with Crippen molar-refractivity contribution in [3.8, 4) is 5.75 Å². The molecule has 0 radical (unpaired) electrons. The summed E-state index contributed by atoms with van der Waals surface area (Å²) >= 11 is 0. The second-order valence-electron chi connectivity index (χ2n) is 5.08. The normalized spacial score (nSPS) is 11.6. The fraction of sp³-hybridized carbons (Fsp3) is 0.588. The smallest absolute Gasteiger partial charge is 0.119 e. The minimum absolute atomic E-state index is 0.751. The van der Waals surface area contributed by atoms with E-state index in [2.05, 4.69) is 19.0 Å². The summed E-state index contributed by atoms with van der Waals surface area (Å²) in [6.45, 7) is 5.11. The lowest BCUT2D eigenvalue weighted by Gasteiger charge is -2.08. The van der Waals surface area contributed by atoms with Crippen LogP contribution in [-0.4, -0.2) is 17.5 Å². The average molecular weight is 277 g/mol. The average Bonchev–Trinajstić information content (AvgIpc) is 2.49. The van der Waals surface area contributed by atoms with E-state index >= 15 is 0 Å². The van der Waals surface area contributed by atoms with Crippen LogP contribution in [0.3, 0.4) is 0 Å². The van der Waals surface area contributed by atoms with Crippen molar-refractivity contribution in [3.05, 3.63) is 29.8 Å². The molecule has 20 heavy (non-hydrogen) atoms. The molecule has 0 unspecified atom stereocenters. The molecule has 0 spiro atoms. The molecule has 0 saturated heterocycles. The number of nitrogens with zero attached hydrogens (tertiary/aromatic N) is 1. The van der Waals surface area contributed by atoms with Gasteiger partial charge in [-0.1, -0.05) is 44.7 Å². The lowest BCUT2D eigenvalue weighted by atomic mass is 10.0. The molecule has 1 aromatic carbocycles. The van der Waals surface area contributed by atoms with E-state index in [4.69, 9.17) is 9.94 Å². The third kappa shape index (κ3) is 6.09. The minimum atomic E-state index is 0.751. The third-order valence-corrected chi connectivity index (χ3v) is 3.34. The Kier molecular flexibility index (Phi) is 8.52. The summed E-state index contributed by atoms with van der Waals surface area (Å²) < 4.78 is 5.70. The molecule has 0 atom stereocenters. The molecule has 0 saturated carbocycles. The largest absolute Gasteiger partial charge is 0.494 e. The van der Waals surface area contributed by atoms with Gasteiger partial charge in [0.05, 0.1) is 12.3 Å². The van der Waals surface area contributed by atoms with Gasteiger partial charge in [-0.15, -0.1) is 0 Å². The van der Waals surface area contributed by atoms with Gasteiger partial charge in [-0.25, -0.2) is 0 Å². The second-order valence-corrected chi connectivity index (χ2v) is 5.08. The van der Waals surface area contributed by atoms with E-state index in [1.165, 1.54) is 19.3 Å². The molecule has 1 rings (SSSR count). The predicted molar refractivity (Wildman–Crippen MR) is 83.9 cm³/mol. The SMILES string of the molecule is CCCCCCOc1ccc(/C(CCCC)=N/O)cc1. The Labute approximate surface area is 122 Å². The lowest BCUT2D eigenvalue weighted by Crippen LogP contribution is -2.02. The van der Waals surface area contributed by atoms with Crippen LogP contribution in [0.15, 0.2) is 29.4 Å². The van der Waals surface area contributed by atoms with Crippen molar-refractivity contribution in [3.63, 3.8) is 0 Å². The summed E-state index contributed by atoms with van der Waals surface area (Å²) in [5.74, 6) is 0.887. The number of benzene rings is 1. The Morgan fingerprint density at radius 1 is 1.00 bits per heavy atom.